The topological polar surface area (TPSA) is 92.6 Å². The van der Waals surface area contributed by atoms with E-state index in [1.54, 1.807) is 32.4 Å². The van der Waals surface area contributed by atoms with E-state index in [2.05, 4.69) is 53.6 Å². The van der Waals surface area contributed by atoms with Gasteiger partial charge in [0, 0.05) is 36.7 Å². The van der Waals surface area contributed by atoms with E-state index < -0.39 is 5.25 Å². The fourth-order valence-electron chi connectivity index (χ4n) is 4.41. The summed E-state index contributed by atoms with van der Waals surface area (Å²) >= 11 is 1.28. The van der Waals surface area contributed by atoms with Crippen LogP contribution in [0.4, 0.5) is 5.69 Å². The number of aliphatic imine (C=N–C) groups is 1. The van der Waals surface area contributed by atoms with Crippen molar-refractivity contribution in [3.8, 4) is 11.5 Å². The van der Waals surface area contributed by atoms with Crippen LogP contribution in [-0.2, 0) is 9.59 Å². The normalized spacial score (nSPS) is 18.7. The van der Waals surface area contributed by atoms with Crippen LogP contribution in [0.25, 0.3) is 0 Å². The van der Waals surface area contributed by atoms with Crippen LogP contribution in [0.1, 0.15) is 35.6 Å². The third-order valence-electron chi connectivity index (χ3n) is 6.41. The molecule has 0 saturated carbocycles. The highest BCUT2D eigenvalue weighted by atomic mass is 32.2. The van der Waals surface area contributed by atoms with E-state index in [-0.39, 0.29) is 24.3 Å². The summed E-state index contributed by atoms with van der Waals surface area (Å²) < 4.78 is 10.5. The minimum absolute atomic E-state index is 0.0194. The van der Waals surface area contributed by atoms with Crippen LogP contribution < -0.4 is 14.8 Å². The van der Waals surface area contributed by atoms with E-state index >= 15 is 0 Å². The van der Waals surface area contributed by atoms with Gasteiger partial charge in [-0.2, -0.15) is 10.1 Å². The Hall–Kier alpha value is -4.11. The Labute approximate surface area is 225 Å². The van der Waals surface area contributed by atoms with E-state index in [0.717, 1.165) is 16.8 Å². The van der Waals surface area contributed by atoms with Crippen molar-refractivity contribution in [2.75, 3.05) is 19.5 Å². The van der Waals surface area contributed by atoms with Crippen molar-refractivity contribution in [3.05, 3.63) is 89.5 Å². The lowest BCUT2D eigenvalue weighted by Gasteiger charge is -2.23. The molecule has 0 fully saturated rings. The Balaban J connectivity index is 1.32. The van der Waals surface area contributed by atoms with Gasteiger partial charge < -0.3 is 14.8 Å². The summed E-state index contributed by atoms with van der Waals surface area (Å²) in [7, 11) is 3.09. The molecule has 0 bridgehead atoms. The van der Waals surface area contributed by atoms with Gasteiger partial charge in [0.2, 0.25) is 5.91 Å². The predicted octanol–water partition coefficient (Wildman–Crippen LogP) is 5.19. The average molecular weight is 529 g/mol. The maximum absolute atomic E-state index is 12.9. The number of ether oxygens (including phenoxy) is 2. The molecule has 0 aromatic heterocycles. The summed E-state index contributed by atoms with van der Waals surface area (Å²) in [6, 6.07) is 23.4. The molecular weight excluding hydrogens is 500 g/mol. The van der Waals surface area contributed by atoms with Crippen LogP contribution in [0.2, 0.25) is 0 Å². The molecule has 3 aromatic rings. The zero-order valence-corrected chi connectivity index (χ0v) is 22.2. The van der Waals surface area contributed by atoms with Gasteiger partial charge in [-0.3, -0.25) is 9.59 Å². The van der Waals surface area contributed by atoms with E-state index in [9.17, 15) is 9.59 Å². The summed E-state index contributed by atoms with van der Waals surface area (Å²) in [5.41, 5.74) is 4.76. The van der Waals surface area contributed by atoms with Crippen LogP contribution in [0, 0.1) is 6.92 Å². The number of rotatable bonds is 7. The fraction of sp³-hybridized carbons (Fsp3) is 0.241. The number of carbonyl (C=O) groups excluding carboxylic acids is 2. The van der Waals surface area contributed by atoms with E-state index in [1.807, 2.05) is 23.2 Å². The summed E-state index contributed by atoms with van der Waals surface area (Å²) in [5.74, 6) is 0.473. The van der Waals surface area contributed by atoms with Gasteiger partial charge in [-0.15, -0.1) is 0 Å². The molecule has 2 heterocycles. The number of benzene rings is 3. The lowest BCUT2D eigenvalue weighted by molar-refractivity contribution is -0.121. The first kappa shape index (κ1) is 25.5. The first-order valence-electron chi connectivity index (χ1n) is 12.2. The Morgan fingerprint density at radius 2 is 1.71 bits per heavy atom. The molecule has 3 aromatic carbocycles. The molecular formula is C29H28N4O4S. The van der Waals surface area contributed by atoms with Crippen molar-refractivity contribution in [1.29, 1.82) is 0 Å². The fourth-order valence-corrected chi connectivity index (χ4v) is 5.47. The lowest BCUT2D eigenvalue weighted by Crippen LogP contribution is -2.25. The maximum Gasteiger partial charge on any atom is 0.262 e. The van der Waals surface area contributed by atoms with Crippen LogP contribution in [0.5, 0.6) is 11.5 Å². The average Bonchev–Trinajstić information content (AvgIpc) is 3.53. The molecule has 9 heteroatoms. The molecule has 0 radical (unpaired) electrons. The molecule has 8 nitrogen and oxygen atoms in total. The Kier molecular flexibility index (Phi) is 7.46. The molecule has 2 aliphatic rings. The second-order valence-electron chi connectivity index (χ2n) is 9.08. The zero-order valence-electron chi connectivity index (χ0n) is 21.4. The number of carbonyl (C=O) groups is 2. The molecule has 0 unspecified atom stereocenters. The number of anilines is 1. The molecule has 5 rings (SSSR count). The van der Waals surface area contributed by atoms with E-state index in [0.29, 0.717) is 28.8 Å². The Morgan fingerprint density at radius 3 is 2.37 bits per heavy atom. The molecule has 2 atom stereocenters. The van der Waals surface area contributed by atoms with Gasteiger partial charge in [0.15, 0.2) is 5.17 Å². The lowest BCUT2D eigenvalue weighted by atomic mass is 9.98. The second-order valence-corrected chi connectivity index (χ2v) is 10.3. The van der Waals surface area contributed by atoms with Crippen LogP contribution in [0.3, 0.4) is 0 Å². The molecule has 194 valence electrons. The number of nitrogens with zero attached hydrogens (tertiary/aromatic N) is 3. The SMILES string of the molecule is COc1cc(NC(=O)C[C@@H]2SC(N3N=C(c4ccc(C)cc4)C[C@@H]3c3ccccc3)=NC2=O)cc(OC)c1. The molecule has 0 spiro atoms. The van der Waals surface area contributed by atoms with Crippen molar-refractivity contribution in [2.24, 2.45) is 10.1 Å². The van der Waals surface area contributed by atoms with Gasteiger partial charge in [-0.1, -0.05) is 71.9 Å². The first-order valence-corrected chi connectivity index (χ1v) is 13.1. The molecule has 1 N–H and O–H groups in total. The molecule has 38 heavy (non-hydrogen) atoms. The number of nitrogens with one attached hydrogen (secondary N) is 1. The van der Waals surface area contributed by atoms with E-state index in [1.165, 1.54) is 17.3 Å². The second kappa shape index (κ2) is 11.1. The standard InChI is InChI=1S/C29H28N4O4S/c1-18-9-11-19(12-10-18)24-16-25(20-7-5-4-6-8-20)33(32-24)29-31-28(35)26(38-29)17-27(34)30-21-13-22(36-2)15-23(14-21)37-3/h4-15,25-26H,16-17H2,1-3H3,(H,30,34)/t25-,26+/m1/s1. The van der Waals surface area contributed by atoms with Crippen molar-refractivity contribution >= 4 is 40.1 Å². The van der Waals surface area contributed by atoms with Gasteiger partial charge in [-0.25, -0.2) is 5.01 Å². The van der Waals surface area contributed by atoms with Crippen LogP contribution in [-0.4, -0.2) is 47.2 Å². The molecule has 2 amide bonds. The minimum Gasteiger partial charge on any atom is -0.497 e. The molecule has 2 aliphatic heterocycles. The van der Waals surface area contributed by atoms with Crippen molar-refractivity contribution in [2.45, 2.75) is 31.1 Å². The summed E-state index contributed by atoms with van der Waals surface area (Å²) in [6.07, 6.45) is 0.665. The molecule has 0 aliphatic carbocycles. The number of amidine groups is 1. The number of hydrogen-bond donors (Lipinski definition) is 1. The van der Waals surface area contributed by atoms with E-state index in [4.69, 9.17) is 14.6 Å². The smallest absolute Gasteiger partial charge is 0.262 e. The number of methoxy groups -OCH3 is 2. The van der Waals surface area contributed by atoms with Crippen LogP contribution >= 0.6 is 11.8 Å². The van der Waals surface area contributed by atoms with Gasteiger partial charge in [0.1, 0.15) is 16.7 Å². The minimum atomic E-state index is -0.632. The van der Waals surface area contributed by atoms with Gasteiger partial charge >= 0.3 is 0 Å². The predicted molar refractivity (Wildman–Crippen MR) is 150 cm³/mol. The Morgan fingerprint density at radius 1 is 1.03 bits per heavy atom. The van der Waals surface area contributed by atoms with Crippen LogP contribution in [0.15, 0.2) is 82.9 Å². The maximum atomic E-state index is 12.9. The number of hydrazone groups is 1. The summed E-state index contributed by atoms with van der Waals surface area (Å²) in [4.78, 5) is 30.0. The summed E-state index contributed by atoms with van der Waals surface area (Å²) in [6.45, 7) is 2.05. The summed E-state index contributed by atoms with van der Waals surface area (Å²) in [5, 5.41) is 9.44. The molecule has 0 saturated heterocycles. The highest BCUT2D eigenvalue weighted by molar-refractivity contribution is 8.15. The largest absolute Gasteiger partial charge is 0.497 e. The number of hydrogen-bond acceptors (Lipinski definition) is 7. The zero-order chi connectivity index (χ0) is 26.6. The highest BCUT2D eigenvalue weighted by Gasteiger charge is 2.39. The Bertz CT molecular complexity index is 1380. The van der Waals surface area contributed by atoms with Gasteiger partial charge in [-0.05, 0) is 18.1 Å². The third kappa shape index (κ3) is 5.57. The quantitative estimate of drug-likeness (QED) is 0.454. The third-order valence-corrected chi connectivity index (χ3v) is 7.55. The number of amides is 2. The number of aryl methyl sites for hydroxylation is 1. The monoisotopic (exact) mass is 528 g/mol. The van der Waals surface area contributed by atoms with Gasteiger partial charge in [0.25, 0.3) is 5.91 Å². The first-order chi connectivity index (χ1) is 18.4. The number of thioether (sulfide) groups is 1. The van der Waals surface area contributed by atoms with Crippen molar-refractivity contribution in [1.82, 2.24) is 5.01 Å². The van der Waals surface area contributed by atoms with Crippen molar-refractivity contribution in [3.63, 3.8) is 0 Å². The van der Waals surface area contributed by atoms with Crippen molar-refractivity contribution < 1.29 is 19.1 Å². The highest BCUT2D eigenvalue weighted by Crippen LogP contribution is 2.38. The van der Waals surface area contributed by atoms with Gasteiger partial charge in [0.05, 0.1) is 26.0 Å².